The van der Waals surface area contributed by atoms with Crippen molar-refractivity contribution in [3.05, 3.63) is 12.2 Å². The largest absolute Gasteiger partial charge is 0.460 e. The zero-order valence-corrected chi connectivity index (χ0v) is 48.5. The van der Waals surface area contributed by atoms with E-state index >= 15 is 14.4 Å². The van der Waals surface area contributed by atoms with Crippen molar-refractivity contribution in [2.24, 2.45) is 35.0 Å². The molecule has 3 rings (SSSR count). The lowest BCUT2D eigenvalue weighted by molar-refractivity contribution is -0.210. The average Bonchev–Trinajstić information content (AvgIpc) is 3.46. The van der Waals surface area contributed by atoms with Crippen molar-refractivity contribution >= 4 is 40.3 Å². The first kappa shape index (κ1) is 59.2. The Kier molecular flexibility index (Phi) is 18.8. The molecule has 67 heavy (non-hydrogen) atoms. The van der Waals surface area contributed by atoms with Gasteiger partial charge in [-0.05, 0) is 119 Å². The van der Waals surface area contributed by atoms with E-state index < -0.39 is 93.4 Å². The molecule has 388 valence electrons. The number of aliphatic hydroxyl groups is 1. The minimum absolute atomic E-state index is 0.00297. The van der Waals surface area contributed by atoms with E-state index in [9.17, 15) is 9.90 Å². The van der Waals surface area contributed by atoms with Gasteiger partial charge in [0.25, 0.3) is 5.91 Å². The highest BCUT2D eigenvalue weighted by molar-refractivity contribution is 6.74. The molecule has 3 aliphatic rings. The summed E-state index contributed by atoms with van der Waals surface area (Å²) in [6.07, 6.45) is 1.19. The Morgan fingerprint density at radius 3 is 1.78 bits per heavy atom. The van der Waals surface area contributed by atoms with Gasteiger partial charge in [0.1, 0.15) is 36.7 Å². The Morgan fingerprint density at radius 1 is 0.791 bits per heavy atom. The molecular formula is C52H97N3O10Si2. The first-order chi connectivity index (χ1) is 30.3. The van der Waals surface area contributed by atoms with E-state index in [0.717, 1.165) is 24.8 Å². The first-order valence-corrected chi connectivity index (χ1v) is 31.0. The monoisotopic (exact) mass is 980 g/mol. The molecule has 11 atom stereocenters. The van der Waals surface area contributed by atoms with Crippen molar-refractivity contribution in [2.45, 2.75) is 227 Å². The van der Waals surface area contributed by atoms with Gasteiger partial charge in [0.2, 0.25) is 11.8 Å². The maximum Gasteiger partial charge on any atom is 0.332 e. The molecule has 0 spiro atoms. The van der Waals surface area contributed by atoms with Gasteiger partial charge in [0.05, 0.1) is 11.7 Å². The molecule has 0 aromatic rings. The Balaban J connectivity index is 2.17. The first-order valence-electron chi connectivity index (χ1n) is 25.2. The lowest BCUT2D eigenvalue weighted by Crippen LogP contribution is -2.63. The number of likely N-dealkylation sites (N-methyl/N-ethyl adjacent to an activating group) is 2. The zero-order valence-electron chi connectivity index (χ0n) is 46.5. The summed E-state index contributed by atoms with van der Waals surface area (Å²) >= 11 is 0. The van der Waals surface area contributed by atoms with Crippen LogP contribution in [0.25, 0.3) is 0 Å². The number of nitrogens with zero attached hydrogens (tertiary/aromatic N) is 3. The van der Waals surface area contributed by atoms with E-state index in [2.05, 4.69) is 81.2 Å². The summed E-state index contributed by atoms with van der Waals surface area (Å²) in [6, 6.07) is -3.24. The third-order valence-electron chi connectivity index (χ3n) is 17.2. The molecule has 1 N–H and O–H groups in total. The molecular weight excluding hydrogens is 883 g/mol. The molecule has 13 nitrogen and oxygen atoms in total. The van der Waals surface area contributed by atoms with Crippen molar-refractivity contribution in [1.29, 1.82) is 0 Å². The quantitative estimate of drug-likeness (QED) is 0.0611. The van der Waals surface area contributed by atoms with Crippen LogP contribution in [0.4, 0.5) is 0 Å². The molecule has 2 aliphatic carbocycles. The molecule has 0 aromatic carbocycles. The minimum Gasteiger partial charge on any atom is -0.460 e. The minimum atomic E-state index is -2.57. The molecule has 0 radical (unpaired) electrons. The number of carbonyl (C=O) groups is 4. The van der Waals surface area contributed by atoms with Gasteiger partial charge in [-0.3, -0.25) is 14.4 Å². The van der Waals surface area contributed by atoms with E-state index in [1.54, 1.807) is 14.1 Å². The molecule has 1 saturated heterocycles. The van der Waals surface area contributed by atoms with Gasteiger partial charge >= 0.3 is 5.97 Å². The number of ether oxygens (including phenoxy) is 3. The lowest BCUT2D eigenvalue weighted by Gasteiger charge is -2.57. The Bertz CT molecular complexity index is 1770. The number of likely N-dealkylation sites (tertiary alicyclic amines) is 1. The maximum absolute atomic E-state index is 15.7. The summed E-state index contributed by atoms with van der Waals surface area (Å²) in [5, 5.41) is 11.5. The molecule has 0 unspecified atom stereocenters. The number of amides is 3. The van der Waals surface area contributed by atoms with Gasteiger partial charge in [-0.1, -0.05) is 102 Å². The van der Waals surface area contributed by atoms with E-state index in [0.29, 0.717) is 12.8 Å². The predicted octanol–water partition coefficient (Wildman–Crippen LogP) is 9.43. The van der Waals surface area contributed by atoms with Crippen LogP contribution in [0.15, 0.2) is 12.2 Å². The highest BCUT2D eigenvalue weighted by Gasteiger charge is 2.63. The summed E-state index contributed by atoms with van der Waals surface area (Å²) in [4.78, 5) is 65.2. The van der Waals surface area contributed by atoms with Crippen molar-refractivity contribution in [2.75, 3.05) is 34.5 Å². The number of fused-ring (bicyclic) bond motifs is 1. The molecule has 15 heteroatoms. The van der Waals surface area contributed by atoms with Crippen LogP contribution in [0.3, 0.4) is 0 Å². The van der Waals surface area contributed by atoms with Gasteiger partial charge in [0.15, 0.2) is 22.7 Å². The zero-order chi connectivity index (χ0) is 52.0. The normalized spacial score (nSPS) is 30.0. The van der Waals surface area contributed by atoms with Gasteiger partial charge in [0, 0.05) is 33.2 Å². The Hall–Kier alpha value is -2.15. The molecule has 1 aliphatic heterocycles. The van der Waals surface area contributed by atoms with Crippen LogP contribution in [0.2, 0.25) is 36.3 Å². The maximum atomic E-state index is 15.7. The number of methoxy groups -OCH3 is 1. The fourth-order valence-corrected chi connectivity index (χ4v) is 13.4. The van der Waals surface area contributed by atoms with Crippen LogP contribution < -0.4 is 0 Å². The van der Waals surface area contributed by atoms with Crippen molar-refractivity contribution < 1.29 is 47.3 Å². The molecule has 0 aromatic heterocycles. The van der Waals surface area contributed by atoms with E-state index in [1.165, 1.54) is 21.8 Å². The molecule has 3 amide bonds. The highest BCUT2D eigenvalue weighted by Crippen LogP contribution is 2.57. The number of esters is 1. The van der Waals surface area contributed by atoms with Crippen molar-refractivity contribution in [3.8, 4) is 0 Å². The summed E-state index contributed by atoms with van der Waals surface area (Å²) < 4.78 is 32.7. The molecule has 3 fully saturated rings. The fourth-order valence-electron chi connectivity index (χ4n) is 10.6. The predicted molar refractivity (Wildman–Crippen MR) is 272 cm³/mol. The van der Waals surface area contributed by atoms with Crippen molar-refractivity contribution in [3.63, 3.8) is 0 Å². The second-order valence-electron chi connectivity index (χ2n) is 25.5. The van der Waals surface area contributed by atoms with E-state index in [-0.39, 0.29) is 53.0 Å². The van der Waals surface area contributed by atoms with Crippen LogP contribution in [-0.4, -0.2) is 142 Å². The summed E-state index contributed by atoms with van der Waals surface area (Å²) in [6.45, 7) is 44.8. The van der Waals surface area contributed by atoms with Gasteiger partial charge in [-0.25, -0.2) is 4.79 Å². The van der Waals surface area contributed by atoms with Gasteiger partial charge in [-0.15, -0.1) is 0 Å². The summed E-state index contributed by atoms with van der Waals surface area (Å²) in [7, 11) is -0.178. The second-order valence-corrected chi connectivity index (χ2v) is 35.0. The third-order valence-corrected chi connectivity index (χ3v) is 26.1. The Labute approximate surface area is 409 Å². The van der Waals surface area contributed by atoms with Crippen LogP contribution in [0, 0.1) is 35.0 Å². The molecule has 0 bridgehead atoms. The number of carbonyl (C=O) groups excluding carboxylic acids is 4. The number of allylic oxidation sites excluding steroid dienone is 1. The molecule has 2 saturated carbocycles. The second kappa shape index (κ2) is 21.3. The van der Waals surface area contributed by atoms with Crippen molar-refractivity contribution in [1.82, 2.24) is 14.7 Å². The van der Waals surface area contributed by atoms with Crippen LogP contribution in [0.5, 0.6) is 0 Å². The number of rotatable bonds is 18. The highest BCUT2D eigenvalue weighted by atomic mass is 28.4. The van der Waals surface area contributed by atoms with Crippen LogP contribution >= 0.6 is 0 Å². The van der Waals surface area contributed by atoms with E-state index in [1.807, 2.05) is 62.3 Å². The van der Waals surface area contributed by atoms with E-state index in [4.69, 9.17) is 23.1 Å². The Morgan fingerprint density at radius 2 is 1.31 bits per heavy atom. The van der Waals surface area contributed by atoms with Crippen LogP contribution in [-0.2, 0) is 42.2 Å². The number of hydrogen-bond acceptors (Lipinski definition) is 10. The topological polar surface area (TPSA) is 144 Å². The van der Waals surface area contributed by atoms with Gasteiger partial charge in [-0.2, -0.15) is 0 Å². The van der Waals surface area contributed by atoms with Gasteiger partial charge < -0.3 is 42.9 Å². The molecule has 1 heterocycles. The summed E-state index contributed by atoms with van der Waals surface area (Å²) in [5.41, 5.74) is -1.83. The average molecular weight is 981 g/mol. The fraction of sp³-hybridized carbons (Fsp3) is 0.885. The standard InChI is InChI=1S/C52H97N3O10Si2/c1-32(2)36-25-27-50(15)37(29-36)51(16,60)28-26-38(50)63-47(59)43-52(17,62-31-61-20)39(64-66(21,22)48(9,10)11)30-55(43)45(57)41(34(5)6)53(18)44(56)40(33(3)4)54(19)46(58)42(35(7)8)65-67(23,24)49(12,13)14/h33-43,60H,1,25-31H2,2-24H3/t36-,37-,38-,39+,40-,41-,42+,43+,50-,51-,52+/m0/s1. The SMILES string of the molecule is C=C(C)[C@H]1CC[C@]2(C)[C@@H](OC(=O)[C@H]3N(C(=O)[C@H](C(C)C)N(C)C(=O)[C@H](C(C)C)N(C)C(=O)[C@H](O[Si](C)(C)C(C)(C)C)C(C)C)C[C@@H](O[Si](C)(C)C(C)(C)C)[C@@]3(C)OCOC)CC[C@](C)(O)[C@H]2C1. The summed E-state index contributed by atoms with van der Waals surface area (Å²) in [5.74, 6) is -2.51. The third kappa shape index (κ3) is 12.3. The van der Waals surface area contributed by atoms with Crippen LogP contribution in [0.1, 0.15) is 143 Å². The smallest absolute Gasteiger partial charge is 0.332 e. The number of hydrogen-bond donors (Lipinski definition) is 1. The lowest BCUT2D eigenvalue weighted by atomic mass is 9.52.